The fourth-order valence-electron chi connectivity index (χ4n) is 2.55. The Labute approximate surface area is 69.9 Å². The van der Waals surface area contributed by atoms with Gasteiger partial charge in [-0.3, -0.25) is 0 Å². The second-order valence-corrected chi connectivity index (χ2v) is 4.36. The molecular formula is C8H13BrO. The van der Waals surface area contributed by atoms with Crippen LogP contribution >= 0.6 is 15.9 Å². The molecule has 1 N–H and O–H groups in total. The zero-order chi connectivity index (χ0) is 7.14. The highest BCUT2D eigenvalue weighted by Crippen LogP contribution is 2.48. The van der Waals surface area contributed by atoms with E-state index >= 15 is 0 Å². The zero-order valence-electron chi connectivity index (χ0n) is 5.96. The van der Waals surface area contributed by atoms with Gasteiger partial charge in [0.15, 0.2) is 0 Å². The maximum Gasteiger partial charge on any atom is 0.0571 e. The molecule has 2 fully saturated rings. The Kier molecular flexibility index (Phi) is 1.77. The van der Waals surface area contributed by atoms with Crippen LogP contribution in [0.4, 0.5) is 0 Å². The van der Waals surface area contributed by atoms with E-state index in [0.717, 1.165) is 23.6 Å². The number of alkyl halides is 1. The number of halogens is 1. The summed E-state index contributed by atoms with van der Waals surface area (Å²) in [4.78, 5) is 0. The Morgan fingerprint density at radius 1 is 1.20 bits per heavy atom. The SMILES string of the molecule is O[C@@H]1C[C@@H]2C[C@H]1C[C@@H]2CBr. The summed E-state index contributed by atoms with van der Waals surface area (Å²) < 4.78 is 0. The maximum absolute atomic E-state index is 9.42. The van der Waals surface area contributed by atoms with Crippen molar-refractivity contribution in [3.05, 3.63) is 0 Å². The van der Waals surface area contributed by atoms with Crippen LogP contribution in [0.25, 0.3) is 0 Å². The Morgan fingerprint density at radius 2 is 2.00 bits per heavy atom. The lowest BCUT2D eigenvalue weighted by Crippen LogP contribution is -2.22. The molecule has 0 aromatic rings. The lowest BCUT2D eigenvalue weighted by Gasteiger charge is -2.22. The fourth-order valence-corrected chi connectivity index (χ4v) is 3.35. The third kappa shape index (κ3) is 0.928. The highest BCUT2D eigenvalue weighted by Gasteiger charge is 2.44. The van der Waals surface area contributed by atoms with Crippen LogP contribution in [0.3, 0.4) is 0 Å². The van der Waals surface area contributed by atoms with Crippen LogP contribution in [0.5, 0.6) is 0 Å². The van der Waals surface area contributed by atoms with Gasteiger partial charge in [0, 0.05) is 5.33 Å². The van der Waals surface area contributed by atoms with Crippen molar-refractivity contribution in [1.82, 2.24) is 0 Å². The Bertz CT molecular complexity index is 135. The molecule has 10 heavy (non-hydrogen) atoms. The summed E-state index contributed by atoms with van der Waals surface area (Å²) in [5, 5.41) is 10.6. The van der Waals surface area contributed by atoms with Crippen molar-refractivity contribution in [2.24, 2.45) is 17.8 Å². The van der Waals surface area contributed by atoms with Crippen molar-refractivity contribution in [2.45, 2.75) is 25.4 Å². The van der Waals surface area contributed by atoms with Gasteiger partial charge in [-0.1, -0.05) is 15.9 Å². The van der Waals surface area contributed by atoms with Crippen molar-refractivity contribution in [2.75, 3.05) is 5.33 Å². The van der Waals surface area contributed by atoms with Gasteiger partial charge in [-0.15, -0.1) is 0 Å². The fraction of sp³-hybridized carbons (Fsp3) is 1.00. The molecule has 2 rings (SSSR count). The predicted molar refractivity (Wildman–Crippen MR) is 44.1 cm³/mol. The van der Waals surface area contributed by atoms with Crippen LogP contribution in [-0.2, 0) is 0 Å². The Hall–Kier alpha value is 0.440. The van der Waals surface area contributed by atoms with Crippen molar-refractivity contribution < 1.29 is 5.11 Å². The average Bonchev–Trinajstić information content (AvgIpc) is 2.44. The molecule has 0 aliphatic heterocycles. The molecule has 2 aliphatic carbocycles. The summed E-state index contributed by atoms with van der Waals surface area (Å²) in [6.45, 7) is 0. The maximum atomic E-state index is 9.42. The Balaban J connectivity index is 2.02. The molecule has 0 aromatic heterocycles. The first-order valence-electron chi connectivity index (χ1n) is 4.05. The molecule has 2 bridgehead atoms. The van der Waals surface area contributed by atoms with Gasteiger partial charge < -0.3 is 5.11 Å². The van der Waals surface area contributed by atoms with Crippen LogP contribution in [0.1, 0.15) is 19.3 Å². The topological polar surface area (TPSA) is 20.2 Å². The minimum Gasteiger partial charge on any atom is -0.393 e. The van der Waals surface area contributed by atoms with Gasteiger partial charge in [0.25, 0.3) is 0 Å². The van der Waals surface area contributed by atoms with Crippen LogP contribution in [-0.4, -0.2) is 16.5 Å². The van der Waals surface area contributed by atoms with Gasteiger partial charge in [-0.2, -0.15) is 0 Å². The summed E-state index contributed by atoms with van der Waals surface area (Å²) in [5.74, 6) is 2.35. The van der Waals surface area contributed by atoms with E-state index in [4.69, 9.17) is 0 Å². The second kappa shape index (κ2) is 2.49. The van der Waals surface area contributed by atoms with E-state index in [1.165, 1.54) is 12.8 Å². The van der Waals surface area contributed by atoms with E-state index in [0.29, 0.717) is 5.92 Å². The van der Waals surface area contributed by atoms with Crippen LogP contribution in [0, 0.1) is 17.8 Å². The van der Waals surface area contributed by atoms with Gasteiger partial charge in [0.1, 0.15) is 0 Å². The second-order valence-electron chi connectivity index (χ2n) is 3.71. The van der Waals surface area contributed by atoms with Crippen molar-refractivity contribution in [3.63, 3.8) is 0 Å². The smallest absolute Gasteiger partial charge is 0.0571 e. The molecule has 0 spiro atoms. The number of rotatable bonds is 1. The first-order chi connectivity index (χ1) is 4.81. The van der Waals surface area contributed by atoms with Crippen molar-refractivity contribution >= 4 is 15.9 Å². The first-order valence-corrected chi connectivity index (χ1v) is 5.17. The monoisotopic (exact) mass is 204 g/mol. The zero-order valence-corrected chi connectivity index (χ0v) is 7.55. The molecule has 0 radical (unpaired) electrons. The summed E-state index contributed by atoms with van der Waals surface area (Å²) in [7, 11) is 0. The van der Waals surface area contributed by atoms with Crippen LogP contribution < -0.4 is 0 Å². The van der Waals surface area contributed by atoms with E-state index in [9.17, 15) is 5.11 Å². The minimum atomic E-state index is 0.0419. The normalized spacial score (nSPS) is 52.2. The lowest BCUT2D eigenvalue weighted by atomic mass is 9.89. The first kappa shape index (κ1) is 7.11. The molecule has 0 unspecified atom stereocenters. The highest BCUT2D eigenvalue weighted by molar-refractivity contribution is 9.09. The molecule has 1 nitrogen and oxygen atoms in total. The molecule has 2 aliphatic rings. The number of aliphatic hydroxyl groups excluding tert-OH is 1. The Morgan fingerprint density at radius 3 is 2.40 bits per heavy atom. The van der Waals surface area contributed by atoms with Crippen molar-refractivity contribution in [3.8, 4) is 0 Å². The standard InChI is InChI=1S/C8H13BrO/c9-4-7-2-6-1-5(7)3-8(6)10/h5-8,10H,1-4H2/t5-,6-,7+,8+/m0/s1. The van der Waals surface area contributed by atoms with Gasteiger partial charge in [0.05, 0.1) is 6.10 Å². The molecule has 2 heteroatoms. The van der Waals surface area contributed by atoms with E-state index < -0.39 is 0 Å². The highest BCUT2D eigenvalue weighted by atomic mass is 79.9. The van der Waals surface area contributed by atoms with Gasteiger partial charge >= 0.3 is 0 Å². The molecule has 0 heterocycles. The average molecular weight is 205 g/mol. The predicted octanol–water partition coefficient (Wildman–Crippen LogP) is 1.79. The van der Waals surface area contributed by atoms with Gasteiger partial charge in [0.2, 0.25) is 0 Å². The number of hydrogen-bond donors (Lipinski definition) is 1. The summed E-state index contributed by atoms with van der Waals surface area (Å²) >= 11 is 3.52. The van der Waals surface area contributed by atoms with Gasteiger partial charge in [-0.25, -0.2) is 0 Å². The lowest BCUT2D eigenvalue weighted by molar-refractivity contribution is 0.0995. The molecule has 0 amide bonds. The molecule has 0 aromatic carbocycles. The number of aliphatic hydroxyl groups is 1. The van der Waals surface area contributed by atoms with Crippen LogP contribution in [0.2, 0.25) is 0 Å². The largest absolute Gasteiger partial charge is 0.393 e. The number of hydrogen-bond acceptors (Lipinski definition) is 1. The quantitative estimate of drug-likeness (QED) is 0.647. The van der Waals surface area contributed by atoms with E-state index in [2.05, 4.69) is 15.9 Å². The summed E-state index contributed by atoms with van der Waals surface area (Å²) in [5.41, 5.74) is 0. The van der Waals surface area contributed by atoms with Crippen molar-refractivity contribution in [1.29, 1.82) is 0 Å². The van der Waals surface area contributed by atoms with Gasteiger partial charge in [-0.05, 0) is 37.0 Å². The minimum absolute atomic E-state index is 0.0419. The number of fused-ring (bicyclic) bond motifs is 2. The summed E-state index contributed by atoms with van der Waals surface area (Å²) in [6.07, 6.45) is 3.66. The van der Waals surface area contributed by atoms with E-state index in [1.54, 1.807) is 0 Å². The van der Waals surface area contributed by atoms with E-state index in [1.807, 2.05) is 0 Å². The molecule has 58 valence electrons. The third-order valence-corrected chi connectivity index (χ3v) is 4.00. The van der Waals surface area contributed by atoms with Crippen LogP contribution in [0.15, 0.2) is 0 Å². The molecule has 2 saturated carbocycles. The van der Waals surface area contributed by atoms with E-state index in [-0.39, 0.29) is 6.10 Å². The summed E-state index contributed by atoms with van der Waals surface area (Å²) in [6, 6.07) is 0. The molecular weight excluding hydrogens is 192 g/mol. The molecule has 4 atom stereocenters. The third-order valence-electron chi connectivity index (χ3n) is 3.16. The molecule has 0 saturated heterocycles.